The maximum absolute atomic E-state index is 13.1. The maximum atomic E-state index is 13.1. The van der Waals surface area contributed by atoms with Crippen LogP contribution in [0.5, 0.6) is 0 Å². The summed E-state index contributed by atoms with van der Waals surface area (Å²) in [6.45, 7) is 1.37. The van der Waals surface area contributed by atoms with Gasteiger partial charge in [0.25, 0.3) is 0 Å². The molecule has 2 aromatic rings. The lowest BCUT2D eigenvalue weighted by atomic mass is 10.1. The van der Waals surface area contributed by atoms with Gasteiger partial charge in [-0.25, -0.2) is 14.4 Å². The SMILES string of the molecule is CC(=O)c1cc(F)ccc1Sc1nc(N)cc(N)n1. The Morgan fingerprint density at radius 3 is 2.42 bits per heavy atom. The topological polar surface area (TPSA) is 94.9 Å². The average Bonchev–Trinajstić information content (AvgIpc) is 2.30. The number of carbonyl (C=O) groups excluding carboxylic acids is 1. The highest BCUT2D eigenvalue weighted by Crippen LogP contribution is 2.29. The Morgan fingerprint density at radius 2 is 1.84 bits per heavy atom. The minimum atomic E-state index is -0.470. The van der Waals surface area contributed by atoms with Crippen LogP contribution in [0.2, 0.25) is 0 Å². The van der Waals surface area contributed by atoms with Gasteiger partial charge in [0.1, 0.15) is 17.5 Å². The van der Waals surface area contributed by atoms with E-state index in [2.05, 4.69) is 9.97 Å². The van der Waals surface area contributed by atoms with Crippen molar-refractivity contribution in [2.75, 3.05) is 11.5 Å². The van der Waals surface area contributed by atoms with Gasteiger partial charge in [-0.15, -0.1) is 0 Å². The van der Waals surface area contributed by atoms with Gasteiger partial charge in [-0.2, -0.15) is 0 Å². The van der Waals surface area contributed by atoms with Crippen molar-refractivity contribution in [3.63, 3.8) is 0 Å². The van der Waals surface area contributed by atoms with E-state index in [1.807, 2.05) is 0 Å². The highest BCUT2D eigenvalue weighted by molar-refractivity contribution is 7.99. The molecule has 0 aliphatic rings. The predicted octanol–water partition coefficient (Wildman–Crippen LogP) is 2.13. The number of halogens is 1. The number of nitrogen functional groups attached to an aromatic ring is 2. The minimum absolute atomic E-state index is 0.237. The van der Waals surface area contributed by atoms with Crippen molar-refractivity contribution >= 4 is 29.2 Å². The monoisotopic (exact) mass is 278 g/mol. The van der Waals surface area contributed by atoms with Crippen LogP contribution < -0.4 is 11.5 Å². The molecule has 0 saturated heterocycles. The molecule has 0 aliphatic carbocycles. The molecule has 2 rings (SSSR count). The van der Waals surface area contributed by atoms with Crippen molar-refractivity contribution in [3.8, 4) is 0 Å². The molecule has 98 valence electrons. The lowest BCUT2D eigenvalue weighted by molar-refractivity contribution is 0.101. The molecule has 0 bridgehead atoms. The summed E-state index contributed by atoms with van der Waals surface area (Å²) >= 11 is 1.11. The molecule has 1 aromatic heterocycles. The van der Waals surface area contributed by atoms with Crippen LogP contribution in [-0.2, 0) is 0 Å². The summed E-state index contributed by atoms with van der Waals surface area (Å²) in [5.74, 6) is -0.232. The first kappa shape index (κ1) is 13.3. The number of hydrogen-bond donors (Lipinski definition) is 2. The third kappa shape index (κ3) is 3.19. The van der Waals surface area contributed by atoms with Gasteiger partial charge in [0.2, 0.25) is 0 Å². The van der Waals surface area contributed by atoms with Gasteiger partial charge in [-0.3, -0.25) is 4.79 Å². The zero-order valence-corrected chi connectivity index (χ0v) is 10.9. The van der Waals surface area contributed by atoms with E-state index in [0.29, 0.717) is 10.1 Å². The normalized spacial score (nSPS) is 10.4. The summed E-state index contributed by atoms with van der Waals surface area (Å²) in [4.78, 5) is 20.0. The van der Waals surface area contributed by atoms with Gasteiger partial charge >= 0.3 is 0 Å². The van der Waals surface area contributed by atoms with Crippen LogP contribution in [-0.4, -0.2) is 15.8 Å². The van der Waals surface area contributed by atoms with Crippen LogP contribution in [0.3, 0.4) is 0 Å². The van der Waals surface area contributed by atoms with Crippen molar-refractivity contribution in [2.45, 2.75) is 17.0 Å². The molecule has 0 amide bonds. The second-order valence-electron chi connectivity index (χ2n) is 3.80. The van der Waals surface area contributed by atoms with Crippen LogP contribution in [0.15, 0.2) is 34.3 Å². The molecule has 0 fully saturated rings. The van der Waals surface area contributed by atoms with Crippen molar-refractivity contribution in [1.82, 2.24) is 9.97 Å². The molecule has 4 N–H and O–H groups in total. The number of rotatable bonds is 3. The van der Waals surface area contributed by atoms with Gasteiger partial charge < -0.3 is 11.5 Å². The second-order valence-corrected chi connectivity index (χ2v) is 4.81. The summed E-state index contributed by atoms with van der Waals surface area (Å²) in [6.07, 6.45) is 0. The smallest absolute Gasteiger partial charge is 0.196 e. The number of anilines is 2. The Bertz CT molecular complexity index is 627. The molecule has 19 heavy (non-hydrogen) atoms. The molecular weight excluding hydrogens is 267 g/mol. The summed E-state index contributed by atoms with van der Waals surface area (Å²) in [6, 6.07) is 5.38. The fourth-order valence-electron chi connectivity index (χ4n) is 1.47. The second kappa shape index (κ2) is 5.23. The van der Waals surface area contributed by atoms with Gasteiger partial charge in [-0.1, -0.05) is 0 Å². The molecule has 0 radical (unpaired) electrons. The Balaban J connectivity index is 2.40. The van der Waals surface area contributed by atoms with Crippen LogP contribution in [0.4, 0.5) is 16.0 Å². The lowest BCUT2D eigenvalue weighted by Crippen LogP contribution is -2.01. The Labute approximate surface area is 113 Å². The van der Waals surface area contributed by atoms with Crippen LogP contribution in [0, 0.1) is 5.82 Å². The third-order valence-electron chi connectivity index (χ3n) is 2.27. The lowest BCUT2D eigenvalue weighted by Gasteiger charge is -2.06. The van der Waals surface area contributed by atoms with E-state index >= 15 is 0 Å². The highest BCUT2D eigenvalue weighted by Gasteiger charge is 2.12. The van der Waals surface area contributed by atoms with Crippen molar-refractivity contribution in [1.29, 1.82) is 0 Å². The molecule has 0 spiro atoms. The molecule has 5 nitrogen and oxygen atoms in total. The number of ketones is 1. The number of nitrogens with two attached hydrogens (primary N) is 2. The van der Waals surface area contributed by atoms with Crippen molar-refractivity contribution < 1.29 is 9.18 Å². The summed E-state index contributed by atoms with van der Waals surface area (Å²) in [5, 5.41) is 0.312. The van der Waals surface area contributed by atoms with Crippen molar-refractivity contribution in [2.24, 2.45) is 0 Å². The molecule has 0 unspecified atom stereocenters. The Hall–Kier alpha value is -2.15. The van der Waals surface area contributed by atoms with Crippen molar-refractivity contribution in [3.05, 3.63) is 35.6 Å². The molecule has 7 heteroatoms. The summed E-state index contributed by atoms with van der Waals surface area (Å²) in [7, 11) is 0. The molecule has 1 aromatic carbocycles. The van der Waals surface area contributed by atoms with Gasteiger partial charge in [0, 0.05) is 16.5 Å². The number of benzene rings is 1. The zero-order valence-electron chi connectivity index (χ0n) is 10.1. The van der Waals surface area contributed by atoms with E-state index in [1.165, 1.54) is 31.2 Å². The quantitative estimate of drug-likeness (QED) is 0.659. The third-order valence-corrected chi connectivity index (χ3v) is 3.21. The van der Waals surface area contributed by atoms with Gasteiger partial charge in [0.15, 0.2) is 10.9 Å². The van der Waals surface area contributed by atoms with Gasteiger partial charge in [0.05, 0.1) is 0 Å². The summed E-state index contributed by atoms with van der Waals surface area (Å²) in [5.41, 5.74) is 11.4. The Morgan fingerprint density at radius 1 is 1.21 bits per heavy atom. The fourth-order valence-corrected chi connectivity index (χ4v) is 2.42. The first-order valence-electron chi connectivity index (χ1n) is 5.34. The number of Topliss-reactive ketones (excluding diaryl/α,β-unsaturated/α-hetero) is 1. The van der Waals surface area contributed by atoms with E-state index in [4.69, 9.17) is 11.5 Å². The standard InChI is InChI=1S/C12H11FN4OS/c1-6(18)8-4-7(13)2-3-9(8)19-12-16-10(14)5-11(15)17-12/h2-5H,1H3,(H4,14,15,16,17). The van der Waals surface area contributed by atoms with E-state index < -0.39 is 5.82 Å². The van der Waals surface area contributed by atoms with Crippen LogP contribution in [0.1, 0.15) is 17.3 Å². The van der Waals surface area contributed by atoms with E-state index in [-0.39, 0.29) is 23.0 Å². The average molecular weight is 278 g/mol. The van der Waals surface area contributed by atoms with Gasteiger partial charge in [-0.05, 0) is 36.9 Å². The predicted molar refractivity (Wildman–Crippen MR) is 71.4 cm³/mol. The zero-order chi connectivity index (χ0) is 14.0. The molecular formula is C12H11FN4OS. The van der Waals surface area contributed by atoms with Crippen LogP contribution in [0.25, 0.3) is 0 Å². The number of nitrogens with zero attached hydrogens (tertiary/aromatic N) is 2. The first-order valence-corrected chi connectivity index (χ1v) is 6.16. The molecule has 1 heterocycles. The summed E-state index contributed by atoms with van der Waals surface area (Å²) < 4.78 is 13.1. The molecule has 0 atom stereocenters. The first-order chi connectivity index (χ1) is 8.95. The molecule has 0 saturated carbocycles. The largest absolute Gasteiger partial charge is 0.383 e. The Kier molecular flexibility index (Phi) is 3.66. The molecule has 0 aliphatic heterocycles. The van der Waals surface area contributed by atoms with E-state index in [0.717, 1.165) is 11.8 Å². The van der Waals surface area contributed by atoms with Crippen LogP contribution >= 0.6 is 11.8 Å². The number of aromatic nitrogens is 2. The number of carbonyl (C=O) groups is 1. The van der Waals surface area contributed by atoms with E-state index in [9.17, 15) is 9.18 Å². The minimum Gasteiger partial charge on any atom is -0.383 e. The fraction of sp³-hybridized carbons (Fsp3) is 0.0833. The highest BCUT2D eigenvalue weighted by atomic mass is 32.2. The number of hydrogen-bond acceptors (Lipinski definition) is 6. The maximum Gasteiger partial charge on any atom is 0.196 e. The van der Waals surface area contributed by atoms with E-state index in [1.54, 1.807) is 0 Å².